The quantitative estimate of drug-likeness (QED) is 0.711. The van der Waals surface area contributed by atoms with Gasteiger partial charge in [-0.15, -0.1) is 13.2 Å². The van der Waals surface area contributed by atoms with E-state index in [0.717, 1.165) is 0 Å². The molecule has 0 saturated heterocycles. The van der Waals surface area contributed by atoms with Crippen molar-refractivity contribution in [3.05, 3.63) is 53.0 Å². The van der Waals surface area contributed by atoms with Crippen molar-refractivity contribution in [2.45, 2.75) is 33.0 Å². The van der Waals surface area contributed by atoms with E-state index in [1.807, 2.05) is 4.90 Å². The molecule has 1 aromatic rings. The summed E-state index contributed by atoms with van der Waals surface area (Å²) in [4.78, 5) is 13.8. The molecule has 0 aromatic carbocycles. The van der Waals surface area contributed by atoms with Crippen LogP contribution in [0, 0.1) is 6.92 Å². The van der Waals surface area contributed by atoms with E-state index in [9.17, 15) is 15.0 Å². The molecule has 116 valence electrons. The zero-order valence-electron chi connectivity index (χ0n) is 12.7. The third-order valence-corrected chi connectivity index (χ3v) is 3.19. The lowest BCUT2D eigenvalue weighted by Gasteiger charge is -2.24. The number of nitrogens with zero attached hydrogens (tertiary/aromatic N) is 2. The van der Waals surface area contributed by atoms with Crippen LogP contribution in [0.5, 0.6) is 5.75 Å². The highest BCUT2D eigenvalue weighted by Gasteiger charge is 2.16. The van der Waals surface area contributed by atoms with Crippen molar-refractivity contribution in [3.63, 3.8) is 0 Å². The van der Waals surface area contributed by atoms with Crippen LogP contribution in [0.1, 0.15) is 18.3 Å². The van der Waals surface area contributed by atoms with Crippen molar-refractivity contribution in [1.29, 1.82) is 0 Å². The van der Waals surface area contributed by atoms with E-state index in [1.165, 1.54) is 6.07 Å². The van der Waals surface area contributed by atoms with Gasteiger partial charge in [0.2, 0.25) is 5.43 Å². The number of aromatic nitrogens is 1. The van der Waals surface area contributed by atoms with E-state index in [4.69, 9.17) is 0 Å². The van der Waals surface area contributed by atoms with Crippen molar-refractivity contribution in [2.75, 3.05) is 13.1 Å². The molecule has 0 fully saturated rings. The minimum absolute atomic E-state index is 0.264. The standard InChI is InChI=1S/C16H24N2O3/c1-5-7-17(8-6-2)11-14-16(21)15(20)9-12(3)18(14)10-13(4)19/h5-6,9,13,19,21H,1-2,7-8,10-11H2,3-4H3. The SMILES string of the molecule is C=CCN(CC=C)Cc1c(O)c(=O)cc(C)n1CC(C)O. The average Bonchev–Trinajstić information content (AvgIpc) is 2.40. The highest BCUT2D eigenvalue weighted by Crippen LogP contribution is 2.17. The van der Waals surface area contributed by atoms with Crippen molar-refractivity contribution < 1.29 is 10.2 Å². The number of aliphatic hydroxyl groups is 1. The Morgan fingerprint density at radius 1 is 1.38 bits per heavy atom. The monoisotopic (exact) mass is 292 g/mol. The lowest BCUT2D eigenvalue weighted by molar-refractivity contribution is 0.168. The van der Waals surface area contributed by atoms with E-state index in [0.29, 0.717) is 37.6 Å². The third-order valence-electron chi connectivity index (χ3n) is 3.19. The number of rotatable bonds is 8. The zero-order valence-corrected chi connectivity index (χ0v) is 12.7. The summed E-state index contributed by atoms with van der Waals surface area (Å²) in [7, 11) is 0. The van der Waals surface area contributed by atoms with Gasteiger partial charge in [-0.2, -0.15) is 0 Å². The highest BCUT2D eigenvalue weighted by molar-refractivity contribution is 5.30. The first-order valence-electron chi connectivity index (χ1n) is 6.95. The molecule has 1 rings (SSSR count). The first-order chi connectivity index (χ1) is 9.90. The van der Waals surface area contributed by atoms with Gasteiger partial charge in [-0.25, -0.2) is 0 Å². The zero-order chi connectivity index (χ0) is 16.0. The maximum atomic E-state index is 11.8. The van der Waals surface area contributed by atoms with E-state index in [1.54, 1.807) is 30.6 Å². The lowest BCUT2D eigenvalue weighted by Crippen LogP contribution is -2.29. The Morgan fingerprint density at radius 2 is 1.95 bits per heavy atom. The van der Waals surface area contributed by atoms with E-state index >= 15 is 0 Å². The van der Waals surface area contributed by atoms with Crippen LogP contribution in [-0.2, 0) is 13.1 Å². The second-order valence-corrected chi connectivity index (χ2v) is 5.18. The van der Waals surface area contributed by atoms with Crippen molar-refractivity contribution >= 4 is 0 Å². The number of aromatic hydroxyl groups is 1. The second-order valence-electron chi connectivity index (χ2n) is 5.18. The van der Waals surface area contributed by atoms with Gasteiger partial charge >= 0.3 is 0 Å². The van der Waals surface area contributed by atoms with Gasteiger partial charge in [-0.1, -0.05) is 12.2 Å². The lowest BCUT2D eigenvalue weighted by atomic mass is 10.2. The molecule has 5 nitrogen and oxygen atoms in total. The summed E-state index contributed by atoms with van der Waals surface area (Å²) in [6.45, 7) is 12.8. The molecule has 2 N–H and O–H groups in total. The normalized spacial score (nSPS) is 12.4. The number of hydrogen-bond acceptors (Lipinski definition) is 4. The maximum absolute atomic E-state index is 11.8. The summed E-state index contributed by atoms with van der Waals surface area (Å²) in [5.74, 6) is -0.264. The smallest absolute Gasteiger partial charge is 0.223 e. The summed E-state index contributed by atoms with van der Waals surface area (Å²) in [5.41, 5.74) is 0.817. The van der Waals surface area contributed by atoms with Gasteiger partial charge in [-0.05, 0) is 13.8 Å². The molecular formula is C16H24N2O3. The van der Waals surface area contributed by atoms with Gasteiger partial charge in [0.25, 0.3) is 0 Å². The number of pyridine rings is 1. The van der Waals surface area contributed by atoms with Crippen LogP contribution in [-0.4, -0.2) is 38.9 Å². The molecule has 1 heterocycles. The summed E-state index contributed by atoms with van der Waals surface area (Å²) >= 11 is 0. The van der Waals surface area contributed by atoms with Crippen LogP contribution in [0.3, 0.4) is 0 Å². The van der Waals surface area contributed by atoms with E-state index in [2.05, 4.69) is 13.2 Å². The van der Waals surface area contributed by atoms with Gasteiger partial charge in [0.05, 0.1) is 11.8 Å². The van der Waals surface area contributed by atoms with Crippen LogP contribution in [0.4, 0.5) is 0 Å². The van der Waals surface area contributed by atoms with Crippen LogP contribution in [0.25, 0.3) is 0 Å². The van der Waals surface area contributed by atoms with Crippen LogP contribution in [0.2, 0.25) is 0 Å². The molecular weight excluding hydrogens is 268 g/mol. The Morgan fingerprint density at radius 3 is 2.43 bits per heavy atom. The van der Waals surface area contributed by atoms with Gasteiger partial charge < -0.3 is 14.8 Å². The molecule has 0 aliphatic carbocycles. The molecule has 0 bridgehead atoms. The Labute approximate surface area is 125 Å². The fourth-order valence-electron chi connectivity index (χ4n) is 2.28. The Hall–Kier alpha value is -1.85. The van der Waals surface area contributed by atoms with Gasteiger partial charge in [-0.3, -0.25) is 9.69 Å². The van der Waals surface area contributed by atoms with Gasteiger partial charge in [0.15, 0.2) is 5.75 Å². The molecule has 1 unspecified atom stereocenters. The van der Waals surface area contributed by atoms with Crippen molar-refractivity contribution in [2.24, 2.45) is 0 Å². The summed E-state index contributed by atoms with van der Waals surface area (Å²) in [6.07, 6.45) is 2.94. The summed E-state index contributed by atoms with van der Waals surface area (Å²) in [5, 5.41) is 19.7. The molecule has 0 aliphatic rings. The van der Waals surface area contributed by atoms with Gasteiger partial charge in [0.1, 0.15) is 0 Å². The summed E-state index contributed by atoms with van der Waals surface area (Å²) in [6, 6.07) is 1.38. The number of hydrogen-bond donors (Lipinski definition) is 2. The topological polar surface area (TPSA) is 65.7 Å². The number of aliphatic hydroxyl groups excluding tert-OH is 1. The van der Waals surface area contributed by atoms with Crippen molar-refractivity contribution in [3.8, 4) is 5.75 Å². The first kappa shape index (κ1) is 17.2. The molecule has 0 radical (unpaired) electrons. The molecule has 21 heavy (non-hydrogen) atoms. The van der Waals surface area contributed by atoms with Crippen LogP contribution in [0.15, 0.2) is 36.2 Å². The Kier molecular flexibility index (Phi) is 6.39. The highest BCUT2D eigenvalue weighted by atomic mass is 16.3. The molecule has 0 aliphatic heterocycles. The largest absolute Gasteiger partial charge is 0.503 e. The molecule has 1 aromatic heterocycles. The Balaban J connectivity index is 3.26. The van der Waals surface area contributed by atoms with Crippen molar-refractivity contribution in [1.82, 2.24) is 9.47 Å². The molecule has 0 saturated carbocycles. The maximum Gasteiger partial charge on any atom is 0.223 e. The molecule has 1 atom stereocenters. The van der Waals surface area contributed by atoms with E-state index in [-0.39, 0.29) is 5.75 Å². The second kappa shape index (κ2) is 7.81. The fraction of sp³-hybridized carbons (Fsp3) is 0.438. The summed E-state index contributed by atoms with van der Waals surface area (Å²) < 4.78 is 1.78. The van der Waals surface area contributed by atoms with Gasteiger partial charge in [0, 0.05) is 37.9 Å². The molecule has 5 heteroatoms. The predicted molar refractivity (Wildman–Crippen MR) is 84.5 cm³/mol. The minimum atomic E-state index is -0.573. The average molecular weight is 292 g/mol. The van der Waals surface area contributed by atoms with E-state index < -0.39 is 11.5 Å². The predicted octanol–water partition coefficient (Wildman–Crippen LogP) is 1.42. The minimum Gasteiger partial charge on any atom is -0.503 e. The molecule has 0 amide bonds. The number of aryl methyl sites for hydroxylation is 1. The first-order valence-corrected chi connectivity index (χ1v) is 6.95. The van der Waals surface area contributed by atoms with Crippen LogP contribution < -0.4 is 5.43 Å². The third kappa shape index (κ3) is 4.58. The molecule has 0 spiro atoms. The Bertz CT molecular complexity index is 551. The fourth-order valence-corrected chi connectivity index (χ4v) is 2.28. The van der Waals surface area contributed by atoms with Crippen LogP contribution >= 0.6 is 0 Å².